The second-order valence-corrected chi connectivity index (χ2v) is 3.82. The first-order valence-corrected chi connectivity index (χ1v) is 5.09. The first-order chi connectivity index (χ1) is 6.27. The highest BCUT2D eigenvalue weighted by Crippen LogP contribution is 2.26. The van der Waals surface area contributed by atoms with Crippen LogP contribution >= 0.6 is 0 Å². The lowest BCUT2D eigenvalue weighted by molar-refractivity contribution is 0.00586. The van der Waals surface area contributed by atoms with Crippen LogP contribution in [0.3, 0.4) is 0 Å². The van der Waals surface area contributed by atoms with Crippen LogP contribution in [0.2, 0.25) is 0 Å². The lowest BCUT2D eigenvalue weighted by Crippen LogP contribution is -2.42. The number of nitrogens with one attached hydrogen (secondary N) is 1. The molecule has 0 atom stereocenters. The first kappa shape index (κ1) is 10.6. The number of hydrogen-bond acceptors (Lipinski definition) is 2. The Labute approximate surface area is 80.7 Å². The molecule has 1 fully saturated rings. The maximum absolute atomic E-state index is 10.1. The average molecular weight is 181 g/mol. The van der Waals surface area contributed by atoms with E-state index in [1.54, 1.807) is 0 Å². The lowest BCUT2D eigenvalue weighted by atomic mass is 9.85. The molecule has 2 heteroatoms. The van der Waals surface area contributed by atoms with Gasteiger partial charge in [-0.05, 0) is 19.8 Å². The lowest BCUT2D eigenvalue weighted by Gasteiger charge is -2.31. The monoisotopic (exact) mass is 181 g/mol. The van der Waals surface area contributed by atoms with Gasteiger partial charge < -0.3 is 10.4 Å². The van der Waals surface area contributed by atoms with Gasteiger partial charge in [-0.3, -0.25) is 0 Å². The molecule has 0 aromatic carbocycles. The predicted molar refractivity (Wildman–Crippen MR) is 54.4 cm³/mol. The minimum absolute atomic E-state index is 0.451. The standard InChI is InChI=1S/C11H19NO/c1-2-3-9-12-10-11(13)7-5-4-6-8-11/h12-13H,4-10H2,1H3. The Morgan fingerprint density at radius 2 is 2.00 bits per heavy atom. The molecule has 13 heavy (non-hydrogen) atoms. The summed E-state index contributed by atoms with van der Waals surface area (Å²) in [6.07, 6.45) is 5.49. The average Bonchev–Trinajstić information content (AvgIpc) is 2.14. The zero-order valence-corrected chi connectivity index (χ0v) is 8.40. The summed E-state index contributed by atoms with van der Waals surface area (Å²) in [5.41, 5.74) is -0.451. The molecule has 2 nitrogen and oxygen atoms in total. The highest BCUT2D eigenvalue weighted by molar-refractivity contribution is 4.97. The second kappa shape index (κ2) is 5.26. The van der Waals surface area contributed by atoms with Gasteiger partial charge >= 0.3 is 0 Å². The molecule has 0 aliphatic heterocycles. The molecule has 0 amide bonds. The predicted octanol–water partition coefficient (Wildman–Crippen LogP) is 1.29. The molecular formula is C11H19NO. The van der Waals surface area contributed by atoms with Gasteiger partial charge in [0.2, 0.25) is 0 Å². The van der Waals surface area contributed by atoms with Crippen molar-refractivity contribution in [2.75, 3.05) is 13.1 Å². The summed E-state index contributed by atoms with van der Waals surface area (Å²) < 4.78 is 0. The van der Waals surface area contributed by atoms with E-state index in [0.717, 1.165) is 25.7 Å². The van der Waals surface area contributed by atoms with Gasteiger partial charge in [0, 0.05) is 6.54 Å². The SMILES string of the molecule is CC#CCNCC1(O)CCCCC1. The minimum Gasteiger partial charge on any atom is -0.389 e. The summed E-state index contributed by atoms with van der Waals surface area (Å²) in [6, 6.07) is 0. The van der Waals surface area contributed by atoms with Crippen molar-refractivity contribution in [3.8, 4) is 11.8 Å². The van der Waals surface area contributed by atoms with Gasteiger partial charge in [-0.25, -0.2) is 0 Å². The maximum atomic E-state index is 10.1. The summed E-state index contributed by atoms with van der Waals surface area (Å²) >= 11 is 0. The molecule has 0 aromatic rings. The maximum Gasteiger partial charge on any atom is 0.0771 e. The normalized spacial score (nSPS) is 20.5. The molecule has 0 unspecified atom stereocenters. The van der Waals surface area contributed by atoms with Crippen molar-refractivity contribution in [1.29, 1.82) is 0 Å². The zero-order chi connectivity index (χ0) is 9.57. The van der Waals surface area contributed by atoms with Crippen LogP contribution in [0.4, 0.5) is 0 Å². The highest BCUT2D eigenvalue weighted by Gasteiger charge is 2.28. The van der Waals surface area contributed by atoms with Gasteiger partial charge in [0.05, 0.1) is 12.1 Å². The smallest absolute Gasteiger partial charge is 0.0771 e. The van der Waals surface area contributed by atoms with Gasteiger partial charge in [-0.2, -0.15) is 0 Å². The van der Waals surface area contributed by atoms with Crippen molar-refractivity contribution in [3.05, 3.63) is 0 Å². The van der Waals surface area contributed by atoms with Crippen LogP contribution in [0, 0.1) is 11.8 Å². The van der Waals surface area contributed by atoms with Crippen molar-refractivity contribution >= 4 is 0 Å². The molecule has 0 spiro atoms. The highest BCUT2D eigenvalue weighted by atomic mass is 16.3. The molecule has 0 bridgehead atoms. The van der Waals surface area contributed by atoms with E-state index in [9.17, 15) is 5.11 Å². The van der Waals surface area contributed by atoms with E-state index in [-0.39, 0.29) is 0 Å². The molecule has 1 aliphatic carbocycles. The van der Waals surface area contributed by atoms with Crippen LogP contribution in [-0.4, -0.2) is 23.8 Å². The summed E-state index contributed by atoms with van der Waals surface area (Å²) in [5.74, 6) is 5.76. The van der Waals surface area contributed by atoms with E-state index in [1.807, 2.05) is 6.92 Å². The van der Waals surface area contributed by atoms with Gasteiger partial charge in [0.25, 0.3) is 0 Å². The Morgan fingerprint density at radius 3 is 2.62 bits per heavy atom. The Kier molecular flexibility index (Phi) is 4.27. The van der Waals surface area contributed by atoms with Crippen molar-refractivity contribution in [3.63, 3.8) is 0 Å². The number of aliphatic hydroxyl groups is 1. The van der Waals surface area contributed by atoms with Crippen LogP contribution in [0.15, 0.2) is 0 Å². The van der Waals surface area contributed by atoms with Crippen LogP contribution in [0.25, 0.3) is 0 Å². The van der Waals surface area contributed by atoms with Crippen molar-refractivity contribution in [2.24, 2.45) is 0 Å². The fourth-order valence-electron chi connectivity index (χ4n) is 1.83. The summed E-state index contributed by atoms with van der Waals surface area (Å²) in [4.78, 5) is 0. The molecule has 0 heterocycles. The minimum atomic E-state index is -0.451. The molecule has 1 saturated carbocycles. The van der Waals surface area contributed by atoms with Crippen molar-refractivity contribution in [1.82, 2.24) is 5.32 Å². The van der Waals surface area contributed by atoms with E-state index in [1.165, 1.54) is 6.42 Å². The second-order valence-electron chi connectivity index (χ2n) is 3.82. The molecule has 0 radical (unpaired) electrons. The van der Waals surface area contributed by atoms with Crippen LogP contribution < -0.4 is 5.32 Å². The van der Waals surface area contributed by atoms with Crippen LogP contribution in [-0.2, 0) is 0 Å². The van der Waals surface area contributed by atoms with E-state index < -0.39 is 5.60 Å². The summed E-state index contributed by atoms with van der Waals surface area (Å²) in [5, 5.41) is 13.2. The van der Waals surface area contributed by atoms with E-state index >= 15 is 0 Å². The Hall–Kier alpha value is -0.520. The summed E-state index contributed by atoms with van der Waals surface area (Å²) in [7, 11) is 0. The number of hydrogen-bond donors (Lipinski definition) is 2. The third kappa shape index (κ3) is 3.80. The van der Waals surface area contributed by atoms with Gasteiger partial charge in [0.15, 0.2) is 0 Å². The fourth-order valence-corrected chi connectivity index (χ4v) is 1.83. The molecule has 74 valence electrons. The third-order valence-electron chi connectivity index (χ3n) is 2.63. The molecule has 1 rings (SSSR count). The molecule has 0 aromatic heterocycles. The molecule has 0 saturated heterocycles. The Bertz CT molecular complexity index is 196. The van der Waals surface area contributed by atoms with Crippen LogP contribution in [0.1, 0.15) is 39.0 Å². The van der Waals surface area contributed by atoms with Crippen molar-refractivity contribution < 1.29 is 5.11 Å². The molecule has 1 aliphatic rings. The molecule has 2 N–H and O–H groups in total. The Morgan fingerprint density at radius 1 is 1.31 bits per heavy atom. The van der Waals surface area contributed by atoms with E-state index in [2.05, 4.69) is 17.2 Å². The third-order valence-corrected chi connectivity index (χ3v) is 2.63. The van der Waals surface area contributed by atoms with Gasteiger partial charge in [-0.15, -0.1) is 5.92 Å². The first-order valence-electron chi connectivity index (χ1n) is 5.09. The Balaban J connectivity index is 2.19. The largest absolute Gasteiger partial charge is 0.389 e. The van der Waals surface area contributed by atoms with Gasteiger partial charge in [0.1, 0.15) is 0 Å². The van der Waals surface area contributed by atoms with Crippen molar-refractivity contribution in [2.45, 2.75) is 44.6 Å². The van der Waals surface area contributed by atoms with E-state index in [4.69, 9.17) is 0 Å². The number of rotatable bonds is 3. The van der Waals surface area contributed by atoms with E-state index in [0.29, 0.717) is 13.1 Å². The fraction of sp³-hybridized carbons (Fsp3) is 0.818. The topological polar surface area (TPSA) is 32.3 Å². The van der Waals surface area contributed by atoms with Gasteiger partial charge in [-0.1, -0.05) is 25.2 Å². The quantitative estimate of drug-likeness (QED) is 0.508. The molecular weight excluding hydrogens is 162 g/mol. The zero-order valence-electron chi connectivity index (χ0n) is 8.40. The van der Waals surface area contributed by atoms with Crippen LogP contribution in [0.5, 0.6) is 0 Å². The summed E-state index contributed by atoms with van der Waals surface area (Å²) in [6.45, 7) is 3.22.